The first kappa shape index (κ1) is 14.3. The van der Waals surface area contributed by atoms with Crippen molar-refractivity contribution >= 4 is 44.8 Å². The lowest BCUT2D eigenvalue weighted by Gasteiger charge is -2.00. The van der Waals surface area contributed by atoms with Crippen molar-refractivity contribution in [3.8, 4) is 0 Å². The third kappa shape index (κ3) is 2.49. The first-order valence-electron chi connectivity index (χ1n) is 7.77. The number of hydrogen-bond donors (Lipinski definition) is 0. The Kier molecular flexibility index (Phi) is 3.14. The second-order valence-electron chi connectivity index (χ2n) is 5.68. The molecule has 0 amide bonds. The molecule has 0 saturated carbocycles. The third-order valence-corrected chi connectivity index (χ3v) is 4.92. The molecule has 0 spiro atoms. The van der Waals surface area contributed by atoms with Crippen molar-refractivity contribution in [3.05, 3.63) is 41.2 Å². The molecule has 1 aliphatic rings. The summed E-state index contributed by atoms with van der Waals surface area (Å²) in [6.07, 6.45) is 5.12. The second-order valence-corrected chi connectivity index (χ2v) is 6.80. The van der Waals surface area contributed by atoms with Crippen LogP contribution in [0, 0.1) is 0 Å². The van der Waals surface area contributed by atoms with Crippen LogP contribution in [0.25, 0.3) is 21.5 Å². The molecule has 1 unspecified atom stereocenters. The molecule has 5 heterocycles. The molecule has 1 aliphatic heterocycles. The van der Waals surface area contributed by atoms with Gasteiger partial charge in [-0.3, -0.25) is 9.98 Å². The highest BCUT2D eigenvalue weighted by Gasteiger charge is 2.15. The smallest absolute Gasteiger partial charge is 0.221 e. The van der Waals surface area contributed by atoms with E-state index >= 15 is 0 Å². The van der Waals surface area contributed by atoms with Crippen molar-refractivity contribution in [1.82, 2.24) is 29.9 Å². The summed E-state index contributed by atoms with van der Waals surface area (Å²) in [4.78, 5) is 24.2. The molecule has 0 fully saturated rings. The van der Waals surface area contributed by atoms with Crippen molar-refractivity contribution in [2.45, 2.75) is 19.6 Å². The summed E-state index contributed by atoms with van der Waals surface area (Å²) >= 11 is 1.64. The number of aliphatic imine (C=N–C) groups is 2. The highest BCUT2D eigenvalue weighted by molar-refractivity contribution is 7.18. The molecule has 0 bridgehead atoms. The van der Waals surface area contributed by atoms with E-state index in [9.17, 15) is 0 Å². The molecule has 4 aromatic heterocycles. The van der Waals surface area contributed by atoms with Gasteiger partial charge < -0.3 is 0 Å². The van der Waals surface area contributed by atoms with Crippen LogP contribution in [0.5, 0.6) is 0 Å². The zero-order chi connectivity index (χ0) is 16.8. The normalized spacial score (nSPS) is 16.8. The molecular weight excluding hydrogens is 336 g/mol. The largest absolute Gasteiger partial charge is 0.264 e. The lowest BCUT2D eigenvalue weighted by Crippen LogP contribution is -2.07. The highest BCUT2D eigenvalue weighted by atomic mass is 32.1. The fraction of sp³-hybridized carbons (Fsp3) is 0.188. The number of pyridine rings is 1. The lowest BCUT2D eigenvalue weighted by molar-refractivity contribution is 0.670. The van der Waals surface area contributed by atoms with Gasteiger partial charge in [-0.2, -0.15) is 0 Å². The Morgan fingerprint density at radius 3 is 3.08 bits per heavy atom. The number of rotatable bonds is 3. The van der Waals surface area contributed by atoms with Crippen LogP contribution in [-0.4, -0.2) is 48.0 Å². The van der Waals surface area contributed by atoms with Crippen LogP contribution in [-0.2, 0) is 6.54 Å². The topological polar surface area (TPSA) is 94.1 Å². The molecule has 0 radical (unpaired) electrons. The molecule has 8 nitrogen and oxygen atoms in total. The predicted molar refractivity (Wildman–Crippen MR) is 96.3 cm³/mol. The third-order valence-electron chi connectivity index (χ3n) is 3.88. The van der Waals surface area contributed by atoms with Gasteiger partial charge in [-0.15, -0.1) is 16.4 Å². The van der Waals surface area contributed by atoms with E-state index in [2.05, 4.69) is 47.4 Å². The van der Waals surface area contributed by atoms with Gasteiger partial charge in [0, 0.05) is 16.5 Å². The van der Waals surface area contributed by atoms with Crippen molar-refractivity contribution in [1.29, 1.82) is 0 Å². The van der Waals surface area contributed by atoms with Crippen molar-refractivity contribution < 1.29 is 0 Å². The number of thiophene rings is 1. The van der Waals surface area contributed by atoms with Crippen LogP contribution < -0.4 is 0 Å². The van der Waals surface area contributed by atoms with Crippen LogP contribution in [0.4, 0.5) is 0 Å². The van der Waals surface area contributed by atoms with Gasteiger partial charge in [0.15, 0.2) is 5.65 Å². The van der Waals surface area contributed by atoms with E-state index < -0.39 is 0 Å². The lowest BCUT2D eigenvalue weighted by atomic mass is 10.3. The first-order chi connectivity index (χ1) is 12.3. The minimum absolute atomic E-state index is 0.0680. The van der Waals surface area contributed by atoms with Gasteiger partial charge in [0.25, 0.3) is 0 Å². The highest BCUT2D eigenvalue weighted by Crippen LogP contribution is 2.24. The van der Waals surface area contributed by atoms with Crippen LogP contribution in [0.3, 0.4) is 0 Å². The predicted octanol–water partition coefficient (Wildman–Crippen LogP) is 2.10. The van der Waals surface area contributed by atoms with Crippen molar-refractivity contribution in [3.63, 3.8) is 0 Å². The molecule has 9 heteroatoms. The Bertz CT molecular complexity index is 1120. The van der Waals surface area contributed by atoms with E-state index in [0.717, 1.165) is 20.8 Å². The van der Waals surface area contributed by atoms with Gasteiger partial charge in [-0.1, -0.05) is 11.3 Å². The number of fused-ring (bicyclic) bond motifs is 2. The maximum atomic E-state index is 4.64. The molecule has 0 N–H and O–H groups in total. The molecule has 5 rings (SSSR count). The van der Waals surface area contributed by atoms with Crippen LogP contribution in [0.15, 0.2) is 40.6 Å². The van der Waals surface area contributed by atoms with E-state index in [1.165, 1.54) is 0 Å². The Hall–Kier alpha value is -3.07. The van der Waals surface area contributed by atoms with Crippen molar-refractivity contribution in [2.75, 3.05) is 0 Å². The fourth-order valence-corrected chi connectivity index (χ4v) is 3.69. The monoisotopic (exact) mass is 348 g/mol. The second kappa shape index (κ2) is 5.49. The van der Waals surface area contributed by atoms with Crippen LogP contribution >= 0.6 is 11.3 Å². The van der Waals surface area contributed by atoms with Gasteiger partial charge in [-0.05, 0) is 19.1 Å². The minimum atomic E-state index is -0.0680. The Morgan fingerprint density at radius 1 is 1.28 bits per heavy atom. The number of hydrogen-bond acceptors (Lipinski definition) is 8. The van der Waals surface area contributed by atoms with E-state index in [-0.39, 0.29) is 6.17 Å². The van der Waals surface area contributed by atoms with Gasteiger partial charge in [0.2, 0.25) is 5.65 Å². The molecule has 4 aromatic rings. The van der Waals surface area contributed by atoms with Crippen LogP contribution in [0.2, 0.25) is 0 Å². The van der Waals surface area contributed by atoms with Gasteiger partial charge in [-0.25, -0.2) is 19.6 Å². The number of aromatic nitrogens is 6. The van der Waals surface area contributed by atoms with E-state index in [1.807, 2.05) is 13.0 Å². The molecule has 0 aromatic carbocycles. The molecule has 0 aliphatic carbocycles. The summed E-state index contributed by atoms with van der Waals surface area (Å²) in [6, 6.07) is 6.11. The zero-order valence-electron chi connectivity index (χ0n) is 13.2. The average molecular weight is 348 g/mol. The zero-order valence-corrected chi connectivity index (χ0v) is 14.1. The summed E-state index contributed by atoms with van der Waals surface area (Å²) in [6.45, 7) is 2.50. The van der Waals surface area contributed by atoms with Crippen LogP contribution in [0.1, 0.15) is 17.5 Å². The van der Waals surface area contributed by atoms with Crippen molar-refractivity contribution in [2.24, 2.45) is 9.98 Å². The minimum Gasteiger partial charge on any atom is -0.264 e. The van der Waals surface area contributed by atoms with E-state index in [1.54, 1.807) is 34.6 Å². The van der Waals surface area contributed by atoms with Gasteiger partial charge in [0.05, 0.1) is 19.0 Å². The number of nitrogens with zero attached hydrogens (tertiary/aromatic N) is 8. The Labute approximate surface area is 146 Å². The molecule has 122 valence electrons. The Morgan fingerprint density at radius 2 is 2.24 bits per heavy atom. The molecule has 0 saturated heterocycles. The molecular formula is C16H12N8S. The Balaban J connectivity index is 1.54. The standard InChI is InChI=1S/C16H12N8S/c1-9-18-6-12(20-9)13-7-19-14-15(21-13)24(23-22-14)8-11-5-10-3-2-4-17-16(10)25-11/h2-7,9H,8H2,1H3. The maximum Gasteiger partial charge on any atom is 0.221 e. The van der Waals surface area contributed by atoms with Gasteiger partial charge in [0.1, 0.15) is 22.4 Å². The average Bonchev–Trinajstić information content (AvgIpc) is 3.33. The summed E-state index contributed by atoms with van der Waals surface area (Å²) in [5.74, 6) is 0. The molecule has 1 atom stereocenters. The van der Waals surface area contributed by atoms with E-state index in [4.69, 9.17) is 0 Å². The first-order valence-corrected chi connectivity index (χ1v) is 8.59. The summed E-state index contributed by atoms with van der Waals surface area (Å²) in [5.41, 5.74) is 2.58. The quantitative estimate of drug-likeness (QED) is 0.565. The van der Waals surface area contributed by atoms with E-state index in [0.29, 0.717) is 23.5 Å². The summed E-state index contributed by atoms with van der Waals surface area (Å²) in [5, 5.41) is 9.43. The SMILES string of the molecule is CC1N=CC(c2cnc3nnn(Cc4cc5cccnc5s4)c3n2)=N1. The van der Waals surface area contributed by atoms with Gasteiger partial charge >= 0.3 is 0 Å². The summed E-state index contributed by atoms with van der Waals surface area (Å²) in [7, 11) is 0. The summed E-state index contributed by atoms with van der Waals surface area (Å²) < 4.78 is 1.76. The fourth-order valence-electron chi connectivity index (χ4n) is 2.71. The molecule has 25 heavy (non-hydrogen) atoms. The maximum absolute atomic E-state index is 4.64.